The van der Waals surface area contributed by atoms with Crippen molar-refractivity contribution in [2.75, 3.05) is 19.6 Å². The summed E-state index contributed by atoms with van der Waals surface area (Å²) in [5.74, 6) is 1.32. The van der Waals surface area contributed by atoms with Gasteiger partial charge in [0.15, 0.2) is 0 Å². The highest BCUT2D eigenvalue weighted by atomic mass is 16.2. The van der Waals surface area contributed by atoms with Crippen molar-refractivity contribution in [1.82, 2.24) is 10.2 Å². The summed E-state index contributed by atoms with van der Waals surface area (Å²) < 4.78 is 0. The second-order valence-electron chi connectivity index (χ2n) is 5.90. The van der Waals surface area contributed by atoms with Gasteiger partial charge in [-0.15, -0.1) is 6.42 Å². The summed E-state index contributed by atoms with van der Waals surface area (Å²) in [7, 11) is 0. The van der Waals surface area contributed by atoms with Crippen molar-refractivity contribution in [2.45, 2.75) is 32.7 Å². The fourth-order valence-corrected chi connectivity index (χ4v) is 2.41. The van der Waals surface area contributed by atoms with E-state index in [-0.39, 0.29) is 36.7 Å². The van der Waals surface area contributed by atoms with E-state index in [0.717, 1.165) is 0 Å². The minimum Gasteiger partial charge on any atom is -0.356 e. The lowest BCUT2D eigenvalue weighted by Gasteiger charge is -2.23. The summed E-state index contributed by atoms with van der Waals surface area (Å²) in [6.07, 6.45) is 6.47. The molecule has 4 N–H and O–H groups in total. The summed E-state index contributed by atoms with van der Waals surface area (Å²) in [6, 6.07) is -0.365. The van der Waals surface area contributed by atoms with E-state index in [1.54, 1.807) is 0 Å². The first-order valence-electron chi connectivity index (χ1n) is 7.24. The number of carbonyl (C=O) groups is 3. The first-order chi connectivity index (χ1) is 9.85. The lowest BCUT2D eigenvalue weighted by molar-refractivity contribution is -0.406. The Kier molecular flexibility index (Phi) is 6.38. The van der Waals surface area contributed by atoms with Crippen molar-refractivity contribution < 1.29 is 20.1 Å². The molecule has 1 heterocycles. The molecule has 2 amide bonds. The van der Waals surface area contributed by atoms with Crippen LogP contribution in [0.4, 0.5) is 0 Å². The highest BCUT2D eigenvalue weighted by Gasteiger charge is 2.30. The number of Topliss-reactive ketones (excluding diaryl/α,β-unsaturated/α-hetero) is 1. The molecule has 6 heteroatoms. The SMILES string of the molecule is C#CC(=O)N(CC(=O)[C@@H]([NH3+])CC(C)C)C[C@@H]1CCNC1=O. The van der Waals surface area contributed by atoms with Crippen LogP contribution < -0.4 is 11.1 Å². The summed E-state index contributed by atoms with van der Waals surface area (Å²) in [6.45, 7) is 4.74. The number of rotatable bonds is 7. The molecule has 0 aromatic rings. The zero-order valence-electron chi connectivity index (χ0n) is 12.7. The Labute approximate surface area is 125 Å². The minimum atomic E-state index is -0.556. The van der Waals surface area contributed by atoms with Gasteiger partial charge in [-0.3, -0.25) is 14.4 Å². The largest absolute Gasteiger partial charge is 0.356 e. The number of hydrogen-bond acceptors (Lipinski definition) is 3. The van der Waals surface area contributed by atoms with Crippen LogP contribution in [0.3, 0.4) is 0 Å². The Bertz CT molecular complexity index is 454. The van der Waals surface area contributed by atoms with Gasteiger partial charge in [-0.1, -0.05) is 13.8 Å². The third-order valence-corrected chi connectivity index (χ3v) is 3.57. The molecule has 0 aliphatic carbocycles. The molecular formula is C15H24N3O3+. The van der Waals surface area contributed by atoms with E-state index in [0.29, 0.717) is 25.3 Å². The van der Waals surface area contributed by atoms with Gasteiger partial charge in [-0.2, -0.15) is 0 Å². The molecule has 1 fully saturated rings. The molecule has 21 heavy (non-hydrogen) atoms. The number of nitrogens with one attached hydrogen (secondary N) is 1. The van der Waals surface area contributed by atoms with Crippen LogP contribution in [-0.4, -0.2) is 48.2 Å². The Morgan fingerprint density at radius 1 is 1.52 bits per heavy atom. The molecule has 0 saturated carbocycles. The molecule has 1 aliphatic heterocycles. The highest BCUT2D eigenvalue weighted by molar-refractivity contribution is 5.96. The lowest BCUT2D eigenvalue weighted by atomic mass is 10.0. The van der Waals surface area contributed by atoms with Crippen LogP contribution >= 0.6 is 0 Å². The number of amides is 2. The summed E-state index contributed by atoms with van der Waals surface area (Å²) in [5.41, 5.74) is 3.84. The number of carbonyl (C=O) groups excluding carboxylic acids is 3. The Balaban J connectivity index is 2.66. The first kappa shape index (κ1) is 17.2. The fraction of sp³-hybridized carbons (Fsp3) is 0.667. The maximum atomic E-state index is 12.1. The van der Waals surface area contributed by atoms with Crippen molar-refractivity contribution >= 4 is 17.6 Å². The van der Waals surface area contributed by atoms with Gasteiger partial charge < -0.3 is 16.0 Å². The average Bonchev–Trinajstić information content (AvgIpc) is 2.81. The number of nitrogens with zero attached hydrogens (tertiary/aromatic N) is 1. The Morgan fingerprint density at radius 2 is 2.19 bits per heavy atom. The quantitative estimate of drug-likeness (QED) is 0.578. The van der Waals surface area contributed by atoms with Gasteiger partial charge in [0, 0.05) is 19.5 Å². The summed E-state index contributed by atoms with van der Waals surface area (Å²) in [4.78, 5) is 36.8. The molecule has 0 aromatic carbocycles. The van der Waals surface area contributed by atoms with E-state index in [1.165, 1.54) is 4.90 Å². The van der Waals surface area contributed by atoms with E-state index < -0.39 is 5.91 Å². The van der Waals surface area contributed by atoms with Crippen LogP contribution in [0.25, 0.3) is 0 Å². The molecule has 0 bridgehead atoms. The van der Waals surface area contributed by atoms with Crippen molar-refractivity contribution in [1.29, 1.82) is 0 Å². The van der Waals surface area contributed by atoms with Gasteiger partial charge in [-0.25, -0.2) is 0 Å². The van der Waals surface area contributed by atoms with Crippen molar-refractivity contribution in [3.05, 3.63) is 0 Å². The standard InChI is InChI=1S/C15H23N3O3/c1-4-14(20)18(8-11-5-6-17-15(11)21)9-13(19)12(16)7-10(2)3/h1,10-12H,5-9,16H2,2-3H3,(H,17,21)/p+1/t11-,12-/m0/s1. The van der Waals surface area contributed by atoms with Crippen molar-refractivity contribution in [2.24, 2.45) is 11.8 Å². The van der Waals surface area contributed by atoms with Gasteiger partial charge in [0.05, 0.1) is 12.5 Å². The van der Waals surface area contributed by atoms with Crippen LogP contribution in [0.1, 0.15) is 26.7 Å². The molecular weight excluding hydrogens is 270 g/mol. The maximum absolute atomic E-state index is 12.1. The van der Waals surface area contributed by atoms with Gasteiger partial charge in [0.2, 0.25) is 11.7 Å². The summed E-state index contributed by atoms with van der Waals surface area (Å²) >= 11 is 0. The van der Waals surface area contributed by atoms with Gasteiger partial charge >= 0.3 is 0 Å². The predicted octanol–water partition coefficient (Wildman–Crippen LogP) is -1.19. The molecule has 0 aromatic heterocycles. The van der Waals surface area contributed by atoms with E-state index >= 15 is 0 Å². The van der Waals surface area contributed by atoms with Crippen molar-refractivity contribution in [3.63, 3.8) is 0 Å². The number of quaternary nitrogens is 1. The lowest BCUT2D eigenvalue weighted by Crippen LogP contribution is -2.67. The molecule has 1 rings (SSSR count). The molecule has 1 saturated heterocycles. The Morgan fingerprint density at radius 3 is 2.67 bits per heavy atom. The topological polar surface area (TPSA) is 94.1 Å². The third-order valence-electron chi connectivity index (χ3n) is 3.57. The smallest absolute Gasteiger partial charge is 0.298 e. The predicted molar refractivity (Wildman–Crippen MR) is 77.7 cm³/mol. The van der Waals surface area contributed by atoms with Crippen LogP contribution in [-0.2, 0) is 14.4 Å². The first-order valence-corrected chi connectivity index (χ1v) is 7.24. The number of hydrogen-bond donors (Lipinski definition) is 2. The molecule has 1 aliphatic rings. The molecule has 0 spiro atoms. The molecule has 2 atom stereocenters. The zero-order chi connectivity index (χ0) is 16.0. The second kappa shape index (κ2) is 7.79. The molecule has 6 nitrogen and oxygen atoms in total. The van der Waals surface area contributed by atoms with Crippen LogP contribution in [0, 0.1) is 24.2 Å². The average molecular weight is 294 g/mol. The summed E-state index contributed by atoms with van der Waals surface area (Å²) in [5, 5.41) is 2.71. The molecule has 0 unspecified atom stereocenters. The molecule has 116 valence electrons. The van der Waals surface area contributed by atoms with Gasteiger partial charge in [0.25, 0.3) is 5.91 Å². The number of ketones is 1. The fourth-order valence-electron chi connectivity index (χ4n) is 2.41. The van der Waals surface area contributed by atoms with Gasteiger partial charge in [0.1, 0.15) is 6.04 Å². The van der Waals surface area contributed by atoms with E-state index in [1.807, 2.05) is 19.8 Å². The van der Waals surface area contributed by atoms with Gasteiger partial charge in [-0.05, 0) is 18.3 Å². The van der Waals surface area contributed by atoms with Crippen LogP contribution in [0.5, 0.6) is 0 Å². The second-order valence-corrected chi connectivity index (χ2v) is 5.90. The number of terminal acetylenes is 1. The minimum absolute atomic E-state index is 0.0757. The normalized spacial score (nSPS) is 19.0. The molecule has 0 radical (unpaired) electrons. The zero-order valence-corrected chi connectivity index (χ0v) is 12.7. The third kappa shape index (κ3) is 5.20. The van der Waals surface area contributed by atoms with E-state index in [2.05, 4.69) is 11.1 Å². The van der Waals surface area contributed by atoms with Crippen LogP contribution in [0.2, 0.25) is 0 Å². The van der Waals surface area contributed by atoms with E-state index in [9.17, 15) is 14.4 Å². The maximum Gasteiger partial charge on any atom is 0.298 e. The Hall–Kier alpha value is -1.87. The van der Waals surface area contributed by atoms with Crippen LogP contribution in [0.15, 0.2) is 0 Å². The van der Waals surface area contributed by atoms with E-state index in [4.69, 9.17) is 6.42 Å². The highest BCUT2D eigenvalue weighted by Crippen LogP contribution is 2.12. The monoisotopic (exact) mass is 294 g/mol. The van der Waals surface area contributed by atoms with Crippen molar-refractivity contribution in [3.8, 4) is 12.3 Å².